The Morgan fingerprint density at radius 1 is 1.39 bits per heavy atom. The van der Waals surface area contributed by atoms with Crippen LogP contribution in [0.15, 0.2) is 35.0 Å². The molecule has 0 fully saturated rings. The maximum Gasteiger partial charge on any atom is 0.0466 e. The topological polar surface area (TPSA) is 38.0 Å². The fourth-order valence-corrected chi connectivity index (χ4v) is 2.94. The normalized spacial score (nSPS) is 12.6. The summed E-state index contributed by atoms with van der Waals surface area (Å²) < 4.78 is 0. The third-order valence-electron chi connectivity index (χ3n) is 3.12. The molecule has 0 saturated heterocycles. The van der Waals surface area contributed by atoms with Gasteiger partial charge in [-0.2, -0.15) is 11.3 Å². The van der Waals surface area contributed by atoms with Crippen LogP contribution in [0, 0.1) is 6.92 Å². The number of benzene rings is 1. The van der Waals surface area contributed by atoms with E-state index in [9.17, 15) is 0 Å². The average Bonchev–Trinajstić information content (AvgIpc) is 2.87. The number of halogens is 1. The minimum Gasteiger partial charge on any atom is -0.271 e. The van der Waals surface area contributed by atoms with Gasteiger partial charge in [0, 0.05) is 11.1 Å². The summed E-state index contributed by atoms with van der Waals surface area (Å²) in [4.78, 5) is 0. The van der Waals surface area contributed by atoms with Crippen LogP contribution in [0.3, 0.4) is 0 Å². The van der Waals surface area contributed by atoms with E-state index in [1.807, 2.05) is 18.2 Å². The van der Waals surface area contributed by atoms with Crippen LogP contribution in [0.25, 0.3) is 0 Å². The fourth-order valence-electron chi connectivity index (χ4n) is 2.06. The first-order valence-electron chi connectivity index (χ1n) is 5.94. The van der Waals surface area contributed by atoms with Gasteiger partial charge in [-0.25, -0.2) is 0 Å². The number of nitrogens with one attached hydrogen (secondary N) is 1. The lowest BCUT2D eigenvalue weighted by Crippen LogP contribution is -2.29. The molecule has 1 aromatic heterocycles. The summed E-state index contributed by atoms with van der Waals surface area (Å²) in [7, 11) is 0. The van der Waals surface area contributed by atoms with Crippen molar-refractivity contribution in [3.63, 3.8) is 0 Å². The predicted molar refractivity (Wildman–Crippen MR) is 78.9 cm³/mol. The van der Waals surface area contributed by atoms with Gasteiger partial charge in [0.25, 0.3) is 0 Å². The quantitative estimate of drug-likeness (QED) is 0.645. The fraction of sp³-hybridized carbons (Fsp3) is 0.286. The molecule has 96 valence electrons. The van der Waals surface area contributed by atoms with Crippen LogP contribution >= 0.6 is 22.9 Å². The first-order chi connectivity index (χ1) is 8.70. The standard InChI is InChI=1S/C14H17ClN2S/c1-10-2-4-12(15)8-13(10)14(17-16)5-3-11-6-7-18-9-11/h2,4,6-9,14,17H,3,5,16H2,1H3. The number of hydrogen-bond acceptors (Lipinski definition) is 3. The second-order valence-corrected chi connectivity index (χ2v) is 5.61. The van der Waals surface area contributed by atoms with Crippen LogP contribution in [0.4, 0.5) is 0 Å². The zero-order valence-corrected chi connectivity index (χ0v) is 11.9. The summed E-state index contributed by atoms with van der Waals surface area (Å²) in [6, 6.07) is 8.24. The van der Waals surface area contributed by atoms with Crippen molar-refractivity contribution in [3.05, 3.63) is 56.7 Å². The zero-order chi connectivity index (χ0) is 13.0. The van der Waals surface area contributed by atoms with Gasteiger partial charge in [-0.05, 0) is 65.4 Å². The lowest BCUT2D eigenvalue weighted by Gasteiger charge is -2.18. The lowest BCUT2D eigenvalue weighted by molar-refractivity contribution is 0.514. The third kappa shape index (κ3) is 3.33. The summed E-state index contributed by atoms with van der Waals surface area (Å²) in [5.74, 6) is 5.67. The number of rotatable bonds is 5. The van der Waals surface area contributed by atoms with E-state index in [0.717, 1.165) is 17.9 Å². The van der Waals surface area contributed by atoms with Crippen molar-refractivity contribution in [2.24, 2.45) is 5.84 Å². The third-order valence-corrected chi connectivity index (χ3v) is 4.09. The molecule has 0 saturated carbocycles. The Morgan fingerprint density at radius 2 is 2.22 bits per heavy atom. The zero-order valence-electron chi connectivity index (χ0n) is 10.3. The van der Waals surface area contributed by atoms with E-state index in [1.54, 1.807) is 11.3 Å². The maximum absolute atomic E-state index is 6.05. The molecule has 1 aromatic carbocycles. The molecule has 0 bridgehead atoms. The van der Waals surface area contributed by atoms with E-state index in [1.165, 1.54) is 16.7 Å². The molecule has 2 rings (SSSR count). The van der Waals surface area contributed by atoms with Crippen molar-refractivity contribution in [2.75, 3.05) is 0 Å². The van der Waals surface area contributed by atoms with Crippen LogP contribution in [0.2, 0.25) is 5.02 Å². The molecule has 0 aliphatic heterocycles. The Bertz CT molecular complexity index is 497. The van der Waals surface area contributed by atoms with Gasteiger partial charge in [-0.1, -0.05) is 17.7 Å². The van der Waals surface area contributed by atoms with Gasteiger partial charge in [0.2, 0.25) is 0 Å². The van der Waals surface area contributed by atoms with Gasteiger partial charge in [0.1, 0.15) is 0 Å². The summed E-state index contributed by atoms with van der Waals surface area (Å²) in [5, 5.41) is 5.04. The molecule has 3 N–H and O–H groups in total. The van der Waals surface area contributed by atoms with Crippen molar-refractivity contribution in [1.82, 2.24) is 5.43 Å². The highest BCUT2D eigenvalue weighted by Gasteiger charge is 2.12. The van der Waals surface area contributed by atoms with E-state index >= 15 is 0 Å². The van der Waals surface area contributed by atoms with E-state index in [0.29, 0.717) is 0 Å². The van der Waals surface area contributed by atoms with E-state index in [2.05, 4.69) is 29.2 Å². The first kappa shape index (κ1) is 13.6. The molecular formula is C14H17ClN2S. The SMILES string of the molecule is Cc1ccc(Cl)cc1C(CCc1ccsc1)NN. The molecule has 4 heteroatoms. The highest BCUT2D eigenvalue weighted by Crippen LogP contribution is 2.25. The second-order valence-electron chi connectivity index (χ2n) is 4.39. The molecule has 1 unspecified atom stereocenters. The number of nitrogens with two attached hydrogens (primary N) is 1. The lowest BCUT2D eigenvalue weighted by atomic mass is 9.97. The van der Waals surface area contributed by atoms with E-state index in [-0.39, 0.29) is 6.04 Å². The highest BCUT2D eigenvalue weighted by atomic mass is 35.5. The summed E-state index contributed by atoms with van der Waals surface area (Å²) >= 11 is 7.78. The molecule has 18 heavy (non-hydrogen) atoms. The molecule has 0 aliphatic rings. The molecule has 1 atom stereocenters. The Morgan fingerprint density at radius 3 is 2.89 bits per heavy atom. The van der Waals surface area contributed by atoms with Crippen LogP contribution in [0.1, 0.15) is 29.2 Å². The smallest absolute Gasteiger partial charge is 0.0466 e. The Labute approximate surface area is 117 Å². The summed E-state index contributed by atoms with van der Waals surface area (Å²) in [5.41, 5.74) is 6.65. The van der Waals surface area contributed by atoms with E-state index < -0.39 is 0 Å². The van der Waals surface area contributed by atoms with E-state index in [4.69, 9.17) is 17.4 Å². The largest absolute Gasteiger partial charge is 0.271 e. The molecule has 0 radical (unpaired) electrons. The van der Waals surface area contributed by atoms with Crippen LogP contribution in [-0.2, 0) is 6.42 Å². The van der Waals surface area contributed by atoms with Gasteiger partial charge < -0.3 is 0 Å². The van der Waals surface area contributed by atoms with Crippen LogP contribution in [0.5, 0.6) is 0 Å². The molecule has 0 aliphatic carbocycles. The van der Waals surface area contributed by atoms with Crippen molar-refractivity contribution in [2.45, 2.75) is 25.8 Å². The van der Waals surface area contributed by atoms with Crippen molar-refractivity contribution >= 4 is 22.9 Å². The minimum atomic E-state index is 0.142. The highest BCUT2D eigenvalue weighted by molar-refractivity contribution is 7.07. The number of hydrazine groups is 1. The molecule has 0 amide bonds. The first-order valence-corrected chi connectivity index (χ1v) is 7.26. The van der Waals surface area contributed by atoms with Crippen molar-refractivity contribution in [1.29, 1.82) is 0 Å². The Hall–Kier alpha value is -0.870. The number of aryl methyl sites for hydroxylation is 2. The molecular weight excluding hydrogens is 264 g/mol. The molecule has 2 nitrogen and oxygen atoms in total. The molecule has 2 aromatic rings. The summed E-state index contributed by atoms with van der Waals surface area (Å²) in [6.07, 6.45) is 1.98. The Kier molecular flexibility index (Phi) is 4.78. The Balaban J connectivity index is 2.10. The second kappa shape index (κ2) is 6.34. The van der Waals surface area contributed by atoms with Gasteiger partial charge >= 0.3 is 0 Å². The number of hydrogen-bond donors (Lipinski definition) is 2. The maximum atomic E-state index is 6.05. The average molecular weight is 281 g/mol. The minimum absolute atomic E-state index is 0.142. The van der Waals surface area contributed by atoms with Gasteiger partial charge in [0.15, 0.2) is 0 Å². The molecule has 1 heterocycles. The van der Waals surface area contributed by atoms with Crippen molar-refractivity contribution in [3.8, 4) is 0 Å². The van der Waals surface area contributed by atoms with Crippen LogP contribution in [-0.4, -0.2) is 0 Å². The van der Waals surface area contributed by atoms with Gasteiger partial charge in [0.05, 0.1) is 0 Å². The number of thiophene rings is 1. The van der Waals surface area contributed by atoms with Crippen molar-refractivity contribution < 1.29 is 0 Å². The molecule has 0 spiro atoms. The van der Waals surface area contributed by atoms with Crippen LogP contribution < -0.4 is 11.3 Å². The monoisotopic (exact) mass is 280 g/mol. The predicted octanol–water partition coefficient (Wildman–Crippen LogP) is 3.85. The van der Waals surface area contributed by atoms with Gasteiger partial charge in [-0.3, -0.25) is 11.3 Å². The van der Waals surface area contributed by atoms with Gasteiger partial charge in [-0.15, -0.1) is 0 Å². The summed E-state index contributed by atoms with van der Waals surface area (Å²) in [6.45, 7) is 2.08.